The third-order valence-electron chi connectivity index (χ3n) is 5.46. The number of hydrogen-bond donors (Lipinski definition) is 0. The first kappa shape index (κ1) is 20.9. The zero-order chi connectivity index (χ0) is 20.6. The smallest absolute Gasteiger partial charge is 0.236 e. The summed E-state index contributed by atoms with van der Waals surface area (Å²) in [7, 11) is -3.03. The Balaban J connectivity index is 1.48. The largest absolute Gasteiger partial charge is 0.338 e. The summed E-state index contributed by atoms with van der Waals surface area (Å²) < 4.78 is 25.9. The highest BCUT2D eigenvalue weighted by atomic mass is 32.2. The van der Waals surface area contributed by atoms with Crippen molar-refractivity contribution < 1.29 is 13.2 Å². The van der Waals surface area contributed by atoms with E-state index in [0.717, 1.165) is 30.2 Å². The average Bonchev–Trinajstić information content (AvgIpc) is 3.06. The molecule has 7 nitrogen and oxygen atoms in total. The van der Waals surface area contributed by atoms with Crippen LogP contribution in [0.3, 0.4) is 0 Å². The zero-order valence-electron chi connectivity index (χ0n) is 16.7. The lowest BCUT2D eigenvalue weighted by Gasteiger charge is -2.29. The molecule has 2 fully saturated rings. The molecule has 10 heteroatoms. The summed E-state index contributed by atoms with van der Waals surface area (Å²) in [6.07, 6.45) is 3.52. The van der Waals surface area contributed by atoms with Crippen LogP contribution in [0, 0.1) is 0 Å². The number of carbonyl (C=O) groups is 1. The Kier molecular flexibility index (Phi) is 6.04. The van der Waals surface area contributed by atoms with Gasteiger partial charge in [-0.15, -0.1) is 21.5 Å². The molecule has 29 heavy (non-hydrogen) atoms. The van der Waals surface area contributed by atoms with E-state index in [0.29, 0.717) is 19.0 Å². The minimum Gasteiger partial charge on any atom is -0.338 e. The number of hydrogen-bond acceptors (Lipinski definition) is 7. The van der Waals surface area contributed by atoms with Crippen molar-refractivity contribution in [2.75, 3.05) is 18.1 Å². The second kappa shape index (κ2) is 8.39. The quantitative estimate of drug-likeness (QED) is 0.570. The van der Waals surface area contributed by atoms with Gasteiger partial charge in [-0.2, -0.15) is 0 Å². The molecule has 2 aromatic heterocycles. The molecule has 0 aromatic carbocycles. The maximum atomic E-state index is 13.1. The van der Waals surface area contributed by atoms with Crippen LogP contribution in [0.4, 0.5) is 0 Å². The van der Waals surface area contributed by atoms with Crippen LogP contribution in [-0.2, 0) is 21.1 Å². The molecule has 1 aliphatic heterocycles. The molecule has 0 spiro atoms. The topological polar surface area (TPSA) is 85.2 Å². The predicted molar refractivity (Wildman–Crippen MR) is 115 cm³/mol. The number of rotatable bonds is 8. The molecule has 0 radical (unpaired) electrons. The van der Waals surface area contributed by atoms with Gasteiger partial charge in [0.1, 0.15) is 5.82 Å². The van der Waals surface area contributed by atoms with Gasteiger partial charge in [0.25, 0.3) is 0 Å². The summed E-state index contributed by atoms with van der Waals surface area (Å²) in [4.78, 5) is 16.1. The van der Waals surface area contributed by atoms with Gasteiger partial charge in [0.2, 0.25) is 5.91 Å². The lowest BCUT2D eigenvalue weighted by molar-refractivity contribution is -0.131. The maximum absolute atomic E-state index is 13.1. The SMILES string of the molecule is CCN(C(=O)[C@H](C)Sc1nnc(Cc2cccs2)n1C1CC1)[C@@H]1CCS(=O)(=O)C1. The van der Waals surface area contributed by atoms with Gasteiger partial charge in [-0.1, -0.05) is 17.8 Å². The highest BCUT2D eigenvalue weighted by Crippen LogP contribution is 2.40. The van der Waals surface area contributed by atoms with Crippen LogP contribution in [-0.4, -0.2) is 63.3 Å². The summed E-state index contributed by atoms with van der Waals surface area (Å²) in [5.41, 5.74) is 0. The van der Waals surface area contributed by atoms with Gasteiger partial charge in [0.05, 0.1) is 16.8 Å². The van der Waals surface area contributed by atoms with Gasteiger partial charge in [-0.05, 0) is 44.6 Å². The standard InChI is InChI=1S/C19H26N4O3S3/c1-3-22(15-8-10-29(25,26)12-15)18(24)13(2)28-19-21-20-17(23(19)14-6-7-14)11-16-5-4-9-27-16/h4-5,9,13-15H,3,6-8,10-12H2,1-2H3/t13-,15+/m0/s1. The van der Waals surface area contributed by atoms with Crippen LogP contribution in [0.15, 0.2) is 22.7 Å². The van der Waals surface area contributed by atoms with Crippen LogP contribution in [0.5, 0.6) is 0 Å². The van der Waals surface area contributed by atoms with E-state index in [1.54, 1.807) is 16.2 Å². The Morgan fingerprint density at radius 2 is 2.17 bits per heavy atom. The minimum atomic E-state index is -3.03. The molecule has 1 saturated carbocycles. The van der Waals surface area contributed by atoms with Crippen molar-refractivity contribution in [3.8, 4) is 0 Å². The molecule has 0 unspecified atom stereocenters. The zero-order valence-corrected chi connectivity index (χ0v) is 19.1. The molecule has 2 aromatic rings. The fourth-order valence-corrected chi connectivity index (χ4v) is 7.27. The number of sulfone groups is 1. The Hall–Kier alpha value is -1.39. The lowest BCUT2D eigenvalue weighted by Crippen LogP contribution is -2.44. The van der Waals surface area contributed by atoms with Crippen molar-refractivity contribution in [2.45, 2.75) is 62.0 Å². The van der Waals surface area contributed by atoms with E-state index < -0.39 is 9.84 Å². The fourth-order valence-electron chi connectivity index (χ4n) is 3.83. The van der Waals surface area contributed by atoms with Gasteiger partial charge in [0.15, 0.2) is 15.0 Å². The molecule has 2 aliphatic rings. The molecule has 2 atom stereocenters. The Morgan fingerprint density at radius 1 is 1.38 bits per heavy atom. The van der Waals surface area contributed by atoms with Crippen molar-refractivity contribution in [3.63, 3.8) is 0 Å². The number of nitrogens with zero attached hydrogens (tertiary/aromatic N) is 4. The van der Waals surface area contributed by atoms with Gasteiger partial charge >= 0.3 is 0 Å². The van der Waals surface area contributed by atoms with Crippen molar-refractivity contribution in [3.05, 3.63) is 28.2 Å². The van der Waals surface area contributed by atoms with E-state index >= 15 is 0 Å². The molecule has 158 valence electrons. The first-order chi connectivity index (χ1) is 13.9. The van der Waals surface area contributed by atoms with E-state index in [9.17, 15) is 13.2 Å². The Morgan fingerprint density at radius 3 is 2.76 bits per heavy atom. The maximum Gasteiger partial charge on any atom is 0.236 e. The van der Waals surface area contributed by atoms with Crippen molar-refractivity contribution in [1.82, 2.24) is 19.7 Å². The molecule has 0 N–H and O–H groups in total. The second-order valence-corrected chi connectivity index (χ2v) is 12.3. The number of thiophene rings is 1. The fraction of sp³-hybridized carbons (Fsp3) is 0.632. The highest BCUT2D eigenvalue weighted by molar-refractivity contribution is 8.00. The molecule has 1 aliphatic carbocycles. The minimum absolute atomic E-state index is 0.0234. The summed E-state index contributed by atoms with van der Waals surface area (Å²) in [5, 5.41) is 11.3. The van der Waals surface area contributed by atoms with Crippen LogP contribution in [0.25, 0.3) is 0 Å². The second-order valence-electron chi connectivity index (χ2n) is 7.70. The van der Waals surface area contributed by atoms with Crippen molar-refractivity contribution in [1.29, 1.82) is 0 Å². The van der Waals surface area contributed by atoms with Crippen LogP contribution in [0.2, 0.25) is 0 Å². The average molecular weight is 455 g/mol. The number of carbonyl (C=O) groups excluding carboxylic acids is 1. The Bertz CT molecular complexity index is 967. The monoisotopic (exact) mass is 454 g/mol. The van der Waals surface area contributed by atoms with E-state index in [1.165, 1.54) is 16.6 Å². The number of thioether (sulfide) groups is 1. The summed E-state index contributed by atoms with van der Waals surface area (Å²) in [6.45, 7) is 4.30. The van der Waals surface area contributed by atoms with Gasteiger partial charge < -0.3 is 9.47 Å². The molecule has 1 saturated heterocycles. The highest BCUT2D eigenvalue weighted by Gasteiger charge is 2.36. The van der Waals surface area contributed by atoms with E-state index in [-0.39, 0.29) is 28.7 Å². The molecular weight excluding hydrogens is 428 g/mol. The van der Waals surface area contributed by atoms with Crippen molar-refractivity contribution >= 4 is 38.8 Å². The van der Waals surface area contributed by atoms with Gasteiger partial charge in [-0.3, -0.25) is 4.79 Å². The van der Waals surface area contributed by atoms with Crippen LogP contribution < -0.4 is 0 Å². The van der Waals surface area contributed by atoms with E-state index in [4.69, 9.17) is 0 Å². The first-order valence-electron chi connectivity index (χ1n) is 10.0. The molecule has 1 amide bonds. The van der Waals surface area contributed by atoms with E-state index in [2.05, 4.69) is 26.2 Å². The molecular formula is C19H26N4O3S3. The Labute approximate surface area is 179 Å². The van der Waals surface area contributed by atoms with Gasteiger partial charge in [0, 0.05) is 29.9 Å². The summed E-state index contributed by atoms with van der Waals surface area (Å²) >= 11 is 3.14. The molecule has 0 bridgehead atoms. The normalized spacial score (nSPS) is 21.9. The van der Waals surface area contributed by atoms with E-state index in [1.807, 2.05) is 19.9 Å². The third-order valence-corrected chi connectivity index (χ3v) is 9.13. The van der Waals surface area contributed by atoms with Crippen molar-refractivity contribution in [2.24, 2.45) is 0 Å². The first-order valence-corrected chi connectivity index (χ1v) is 13.6. The third kappa shape index (κ3) is 4.69. The number of aromatic nitrogens is 3. The van der Waals surface area contributed by atoms with Crippen LogP contribution in [0.1, 0.15) is 49.9 Å². The molecule has 4 rings (SSSR count). The van der Waals surface area contributed by atoms with Gasteiger partial charge in [-0.25, -0.2) is 8.42 Å². The molecule has 3 heterocycles. The summed E-state index contributed by atoms with van der Waals surface area (Å²) in [5.74, 6) is 1.18. The predicted octanol–water partition coefficient (Wildman–Crippen LogP) is 2.78. The number of amides is 1. The van der Waals surface area contributed by atoms with Crippen LogP contribution >= 0.6 is 23.1 Å². The lowest BCUT2D eigenvalue weighted by atomic mass is 10.2. The summed E-state index contributed by atoms with van der Waals surface area (Å²) in [6, 6.07) is 4.35.